The Morgan fingerprint density at radius 3 is 2.43 bits per heavy atom. The summed E-state index contributed by atoms with van der Waals surface area (Å²) in [6, 6.07) is 15.1. The molecule has 0 aliphatic carbocycles. The third-order valence-corrected chi connectivity index (χ3v) is 7.24. The molecular formula is C29H26F3N7O4S. The molecule has 0 spiro atoms. The van der Waals surface area contributed by atoms with E-state index in [0.717, 1.165) is 24.5 Å². The van der Waals surface area contributed by atoms with Crippen LogP contribution in [0.3, 0.4) is 0 Å². The number of aryl methyl sites for hydroxylation is 1. The number of carbonyl (C=O) groups excluding carboxylic acids is 2. The summed E-state index contributed by atoms with van der Waals surface area (Å²) in [7, 11) is -1.92. The molecule has 15 heteroatoms. The highest BCUT2D eigenvalue weighted by Crippen LogP contribution is 2.34. The van der Waals surface area contributed by atoms with E-state index in [2.05, 4.69) is 25.3 Å². The van der Waals surface area contributed by atoms with Gasteiger partial charge in [-0.1, -0.05) is 18.2 Å². The maximum Gasteiger partial charge on any atom is 0.416 e. The van der Waals surface area contributed by atoms with Gasteiger partial charge in [0.25, 0.3) is 5.91 Å². The first-order chi connectivity index (χ1) is 20.7. The molecule has 4 aromatic rings. The number of halogens is 3. The Morgan fingerprint density at radius 2 is 1.70 bits per heavy atom. The Labute approximate surface area is 250 Å². The van der Waals surface area contributed by atoms with E-state index in [0.29, 0.717) is 34.0 Å². The van der Waals surface area contributed by atoms with Crippen LogP contribution in [0.4, 0.5) is 52.5 Å². The summed E-state index contributed by atoms with van der Waals surface area (Å²) in [5.41, 5.74) is 1.88. The Morgan fingerprint density at radius 1 is 0.977 bits per heavy atom. The molecule has 228 valence electrons. The first-order valence-electron chi connectivity index (χ1n) is 13.0. The number of alkyl halides is 3. The first kappa shape index (κ1) is 30.3. The van der Waals surface area contributed by atoms with Crippen molar-refractivity contribution >= 4 is 56.5 Å². The molecule has 0 saturated heterocycles. The molecule has 5 rings (SSSR count). The molecule has 3 N–H and O–H groups in total. The number of hydrogen-bond acceptors (Lipinski definition) is 7. The zero-order valence-electron chi connectivity index (χ0n) is 23.6. The van der Waals surface area contributed by atoms with Crippen LogP contribution >= 0.6 is 0 Å². The van der Waals surface area contributed by atoms with Gasteiger partial charge < -0.3 is 10.6 Å². The Balaban J connectivity index is 1.36. The van der Waals surface area contributed by atoms with Gasteiger partial charge in [-0.3, -0.25) is 19.3 Å². The fraction of sp³-hybridized carbons (Fsp3) is 0.172. The van der Waals surface area contributed by atoms with E-state index >= 15 is 0 Å². The first-order valence-corrected chi connectivity index (χ1v) is 14.9. The summed E-state index contributed by atoms with van der Waals surface area (Å²) < 4.78 is 64.9. The smallest absolute Gasteiger partial charge is 0.324 e. The van der Waals surface area contributed by atoms with E-state index < -0.39 is 33.7 Å². The van der Waals surface area contributed by atoms with Gasteiger partial charge in [-0.05, 0) is 61.0 Å². The minimum Gasteiger partial charge on any atom is -0.324 e. The van der Waals surface area contributed by atoms with Crippen molar-refractivity contribution in [3.63, 3.8) is 0 Å². The van der Waals surface area contributed by atoms with Gasteiger partial charge in [-0.2, -0.15) is 18.2 Å². The van der Waals surface area contributed by atoms with Crippen molar-refractivity contribution in [3.05, 3.63) is 95.2 Å². The summed E-state index contributed by atoms with van der Waals surface area (Å²) in [5, 5.41) is 5.61. The molecule has 0 saturated carbocycles. The molecule has 3 aromatic carbocycles. The minimum atomic E-state index is -4.59. The number of aromatic nitrogens is 2. The molecule has 11 nitrogen and oxygen atoms in total. The second-order valence-corrected chi connectivity index (χ2v) is 11.8. The highest BCUT2D eigenvalue weighted by Gasteiger charge is 2.32. The van der Waals surface area contributed by atoms with Crippen LogP contribution in [0.15, 0.2) is 72.9 Å². The molecule has 1 aliphatic heterocycles. The molecule has 0 atom stereocenters. The minimum absolute atomic E-state index is 0.110. The molecule has 0 radical (unpaired) electrons. The topological polar surface area (TPSA) is 137 Å². The summed E-state index contributed by atoms with van der Waals surface area (Å²) in [6.45, 7) is 1.89. The van der Waals surface area contributed by atoms with Gasteiger partial charge in [0.15, 0.2) is 0 Å². The van der Waals surface area contributed by atoms with E-state index in [1.165, 1.54) is 15.9 Å². The number of nitrogens with zero attached hydrogens (tertiary/aromatic N) is 4. The van der Waals surface area contributed by atoms with Crippen molar-refractivity contribution < 1.29 is 31.2 Å². The number of carbonyl (C=O) groups is 2. The van der Waals surface area contributed by atoms with Crippen LogP contribution in [-0.2, 0) is 22.7 Å². The van der Waals surface area contributed by atoms with Gasteiger partial charge >= 0.3 is 12.2 Å². The molecule has 1 aliphatic rings. The number of benzene rings is 3. The number of nitrogens with one attached hydrogen (secondary N) is 3. The molecular weight excluding hydrogens is 599 g/mol. The van der Waals surface area contributed by atoms with Gasteiger partial charge in [-0.15, -0.1) is 0 Å². The normalized spacial score (nSPS) is 13.4. The van der Waals surface area contributed by atoms with Gasteiger partial charge in [0.2, 0.25) is 16.0 Å². The maximum atomic E-state index is 13.5. The van der Waals surface area contributed by atoms with Crippen LogP contribution in [0.1, 0.15) is 27.0 Å². The van der Waals surface area contributed by atoms with Crippen molar-refractivity contribution in [2.45, 2.75) is 19.6 Å². The number of rotatable bonds is 7. The number of sulfonamides is 1. The lowest BCUT2D eigenvalue weighted by molar-refractivity contribution is -0.137. The number of fused-ring (bicyclic) bond motifs is 1. The van der Waals surface area contributed by atoms with Crippen molar-refractivity contribution in [1.82, 2.24) is 9.97 Å². The van der Waals surface area contributed by atoms with Gasteiger partial charge in [-0.25, -0.2) is 18.2 Å². The quantitative estimate of drug-likeness (QED) is 0.238. The van der Waals surface area contributed by atoms with E-state index in [4.69, 9.17) is 0 Å². The average Bonchev–Trinajstić information content (AvgIpc) is 2.95. The molecule has 3 amide bonds. The monoisotopic (exact) mass is 625 g/mol. The Hall–Kier alpha value is -5.18. The van der Waals surface area contributed by atoms with Crippen LogP contribution in [0, 0.1) is 6.92 Å². The maximum absolute atomic E-state index is 13.5. The van der Waals surface area contributed by atoms with E-state index in [1.807, 2.05) is 0 Å². The summed E-state index contributed by atoms with van der Waals surface area (Å²) >= 11 is 0. The SMILES string of the molecule is Cc1ccc(NC(=O)c2cccc(C(F)(F)F)c2)cc1N1Cc2cnc(Nc3cccc(NS(C)(=O)=O)c3)nc2N(C)C1=O. The fourth-order valence-electron chi connectivity index (χ4n) is 4.58. The van der Waals surface area contributed by atoms with E-state index in [-0.39, 0.29) is 23.7 Å². The van der Waals surface area contributed by atoms with E-state index in [9.17, 15) is 31.2 Å². The Bertz CT molecular complexity index is 1880. The number of amides is 3. The lowest BCUT2D eigenvalue weighted by Gasteiger charge is -2.35. The second-order valence-electron chi connectivity index (χ2n) is 10.1. The van der Waals surface area contributed by atoms with Crippen molar-refractivity contribution in [2.75, 3.05) is 38.5 Å². The summed E-state index contributed by atoms with van der Waals surface area (Å²) in [5.74, 6) is -0.186. The number of hydrogen-bond donors (Lipinski definition) is 3. The van der Waals surface area contributed by atoms with Gasteiger partial charge in [0, 0.05) is 35.7 Å². The van der Waals surface area contributed by atoms with Crippen molar-refractivity contribution in [3.8, 4) is 0 Å². The molecule has 0 fully saturated rings. The number of urea groups is 1. The zero-order chi connectivity index (χ0) is 31.8. The van der Waals surface area contributed by atoms with Crippen molar-refractivity contribution in [2.24, 2.45) is 0 Å². The molecule has 2 heterocycles. The van der Waals surface area contributed by atoms with Crippen LogP contribution in [0.2, 0.25) is 0 Å². The third-order valence-electron chi connectivity index (χ3n) is 6.64. The third kappa shape index (κ3) is 6.72. The van der Waals surface area contributed by atoms with Crippen LogP contribution in [0.25, 0.3) is 0 Å². The lowest BCUT2D eigenvalue weighted by Crippen LogP contribution is -2.46. The van der Waals surface area contributed by atoms with Crippen LogP contribution < -0.4 is 25.2 Å². The Kier molecular flexibility index (Phi) is 7.90. The molecule has 0 bridgehead atoms. The predicted octanol–water partition coefficient (Wildman–Crippen LogP) is 5.75. The largest absolute Gasteiger partial charge is 0.416 e. The molecule has 1 aromatic heterocycles. The lowest BCUT2D eigenvalue weighted by atomic mass is 10.1. The summed E-state index contributed by atoms with van der Waals surface area (Å²) in [4.78, 5) is 37.9. The standard InChI is InChI=1S/C29H26F3N7O4S/c1-17-10-11-22(34-26(40)18-6-4-7-20(12-18)29(30,31)32)14-24(17)39-16-19-15-33-27(36-25(19)38(2)28(39)41)35-21-8-5-9-23(13-21)37-44(3,42)43/h4-15,37H,16H2,1-3H3,(H,34,40)(H,33,35,36). The van der Waals surface area contributed by atoms with E-state index in [1.54, 1.807) is 62.6 Å². The second kappa shape index (κ2) is 11.5. The average molecular weight is 626 g/mol. The van der Waals surface area contributed by atoms with Gasteiger partial charge in [0.05, 0.1) is 29.7 Å². The predicted molar refractivity (Wildman–Crippen MR) is 161 cm³/mol. The highest BCUT2D eigenvalue weighted by atomic mass is 32.2. The highest BCUT2D eigenvalue weighted by molar-refractivity contribution is 7.92. The van der Waals surface area contributed by atoms with Gasteiger partial charge in [0.1, 0.15) is 5.82 Å². The molecule has 44 heavy (non-hydrogen) atoms. The van der Waals surface area contributed by atoms with Crippen LogP contribution in [-0.4, -0.2) is 43.6 Å². The van der Waals surface area contributed by atoms with Crippen LogP contribution in [0.5, 0.6) is 0 Å². The fourth-order valence-corrected chi connectivity index (χ4v) is 5.13. The number of anilines is 6. The van der Waals surface area contributed by atoms with Crippen molar-refractivity contribution in [1.29, 1.82) is 0 Å². The zero-order valence-corrected chi connectivity index (χ0v) is 24.4. The summed E-state index contributed by atoms with van der Waals surface area (Å²) in [6.07, 6.45) is -1.98. The molecule has 0 unspecified atom stereocenters.